The van der Waals surface area contributed by atoms with Gasteiger partial charge in [-0.05, 0) is 47.9 Å². The van der Waals surface area contributed by atoms with Crippen molar-refractivity contribution in [2.24, 2.45) is 0 Å². The van der Waals surface area contributed by atoms with Crippen LogP contribution in [-0.2, 0) is 22.2 Å². The van der Waals surface area contributed by atoms with Gasteiger partial charge >= 0.3 is 0 Å². The fourth-order valence-electron chi connectivity index (χ4n) is 2.69. The van der Waals surface area contributed by atoms with Gasteiger partial charge in [-0.3, -0.25) is 9.52 Å². The first kappa shape index (κ1) is 21.7. The van der Waals surface area contributed by atoms with Crippen molar-refractivity contribution in [3.63, 3.8) is 0 Å². The molecule has 6 nitrogen and oxygen atoms in total. The van der Waals surface area contributed by atoms with E-state index in [1.54, 1.807) is 12.1 Å². The van der Waals surface area contributed by atoms with Crippen molar-refractivity contribution in [3.05, 3.63) is 88.3 Å². The zero-order valence-corrected chi connectivity index (χ0v) is 17.6. The number of carbonyl (C=O) groups excluding carboxylic acids is 1. The minimum absolute atomic E-state index is 0.0185. The Morgan fingerprint density at radius 2 is 1.77 bits per heavy atom. The Morgan fingerprint density at radius 1 is 1.07 bits per heavy atom. The van der Waals surface area contributed by atoms with Crippen molar-refractivity contribution >= 4 is 39.0 Å². The van der Waals surface area contributed by atoms with E-state index < -0.39 is 21.7 Å². The third-order valence-corrected chi connectivity index (χ3v) is 5.77. The lowest BCUT2D eigenvalue weighted by atomic mass is 10.1. The lowest BCUT2D eigenvalue weighted by molar-refractivity contribution is 0.102. The van der Waals surface area contributed by atoms with Gasteiger partial charge in [0.2, 0.25) is 10.0 Å². The smallest absolute Gasteiger partial charge is 0.255 e. The summed E-state index contributed by atoms with van der Waals surface area (Å²) in [5, 5.41) is 2.45. The van der Waals surface area contributed by atoms with Gasteiger partial charge in [0, 0.05) is 17.4 Å². The molecular weight excluding hydrogens is 429 g/mol. The number of hydrogen-bond donors (Lipinski definition) is 2. The SMILES string of the molecule is CCc1ccc(CS(=O)(=O)Nc2cc(C(=O)Nc3ccc(F)c(Cl)c3)ccn2)cc1. The van der Waals surface area contributed by atoms with E-state index in [0.717, 1.165) is 18.1 Å². The van der Waals surface area contributed by atoms with Gasteiger partial charge in [-0.15, -0.1) is 0 Å². The van der Waals surface area contributed by atoms with Crippen LogP contribution in [0.5, 0.6) is 0 Å². The summed E-state index contributed by atoms with van der Waals surface area (Å²) >= 11 is 5.71. The first-order valence-corrected chi connectivity index (χ1v) is 11.1. The maximum Gasteiger partial charge on any atom is 0.255 e. The second-order valence-electron chi connectivity index (χ2n) is 6.54. The van der Waals surface area contributed by atoms with E-state index >= 15 is 0 Å². The molecule has 0 fully saturated rings. The summed E-state index contributed by atoms with van der Waals surface area (Å²) in [5.74, 6) is -1.32. The largest absolute Gasteiger partial charge is 0.322 e. The van der Waals surface area contributed by atoms with Crippen molar-refractivity contribution in [2.75, 3.05) is 10.0 Å². The summed E-state index contributed by atoms with van der Waals surface area (Å²) in [6.45, 7) is 2.02. The second kappa shape index (κ2) is 9.23. The average molecular weight is 448 g/mol. The Hall–Kier alpha value is -2.97. The maximum atomic E-state index is 13.2. The Morgan fingerprint density at radius 3 is 2.43 bits per heavy atom. The van der Waals surface area contributed by atoms with E-state index in [0.29, 0.717) is 11.3 Å². The Kier molecular flexibility index (Phi) is 6.69. The molecule has 2 aromatic carbocycles. The Balaban J connectivity index is 1.70. The van der Waals surface area contributed by atoms with E-state index in [-0.39, 0.29) is 22.2 Å². The van der Waals surface area contributed by atoms with E-state index in [9.17, 15) is 17.6 Å². The van der Waals surface area contributed by atoms with E-state index in [4.69, 9.17) is 11.6 Å². The van der Waals surface area contributed by atoms with Crippen molar-refractivity contribution in [2.45, 2.75) is 19.1 Å². The predicted octanol–water partition coefficient (Wildman–Crippen LogP) is 4.63. The highest BCUT2D eigenvalue weighted by molar-refractivity contribution is 7.91. The highest BCUT2D eigenvalue weighted by atomic mass is 35.5. The standard InChI is InChI=1S/C21H19ClFN3O3S/c1-2-14-3-5-15(6-4-14)13-30(28,29)26-20-11-16(9-10-24-20)21(27)25-17-7-8-19(23)18(22)12-17/h3-12H,2,13H2,1H3,(H,24,26)(H,25,27). The molecule has 0 aliphatic heterocycles. The van der Waals surface area contributed by atoms with Crippen LogP contribution in [0.25, 0.3) is 0 Å². The third-order valence-electron chi connectivity index (χ3n) is 4.25. The number of amides is 1. The number of aromatic nitrogens is 1. The van der Waals surface area contributed by atoms with Gasteiger partial charge < -0.3 is 5.32 Å². The molecule has 1 amide bonds. The monoisotopic (exact) mass is 447 g/mol. The van der Waals surface area contributed by atoms with Gasteiger partial charge in [0.05, 0.1) is 10.8 Å². The highest BCUT2D eigenvalue weighted by Gasteiger charge is 2.15. The molecule has 0 spiro atoms. The van der Waals surface area contributed by atoms with Gasteiger partial charge in [0.25, 0.3) is 5.91 Å². The molecule has 0 saturated carbocycles. The van der Waals surface area contributed by atoms with Crippen LogP contribution in [0.4, 0.5) is 15.9 Å². The van der Waals surface area contributed by atoms with Crippen LogP contribution in [0.2, 0.25) is 5.02 Å². The number of rotatable bonds is 7. The molecule has 9 heteroatoms. The topological polar surface area (TPSA) is 88.2 Å². The molecule has 0 saturated heterocycles. The van der Waals surface area contributed by atoms with Crippen LogP contribution in [0.15, 0.2) is 60.8 Å². The third kappa shape index (κ3) is 5.77. The van der Waals surface area contributed by atoms with Gasteiger partial charge in [-0.25, -0.2) is 17.8 Å². The molecule has 0 atom stereocenters. The Bertz CT molecular complexity index is 1170. The molecule has 0 radical (unpaired) electrons. The number of pyridine rings is 1. The lowest BCUT2D eigenvalue weighted by Crippen LogP contribution is -2.17. The minimum Gasteiger partial charge on any atom is -0.322 e. The molecule has 30 heavy (non-hydrogen) atoms. The van der Waals surface area contributed by atoms with Crippen molar-refractivity contribution < 1.29 is 17.6 Å². The molecule has 1 heterocycles. The zero-order chi connectivity index (χ0) is 21.7. The fraction of sp³-hybridized carbons (Fsp3) is 0.143. The lowest BCUT2D eigenvalue weighted by Gasteiger charge is -2.10. The van der Waals surface area contributed by atoms with Crippen molar-refractivity contribution in [1.82, 2.24) is 4.98 Å². The zero-order valence-electron chi connectivity index (χ0n) is 16.0. The van der Waals surface area contributed by atoms with Crippen LogP contribution < -0.4 is 10.0 Å². The first-order valence-electron chi connectivity index (χ1n) is 9.06. The van der Waals surface area contributed by atoms with Gasteiger partial charge in [-0.2, -0.15) is 0 Å². The van der Waals surface area contributed by atoms with Crippen LogP contribution >= 0.6 is 11.6 Å². The number of benzene rings is 2. The maximum absolute atomic E-state index is 13.2. The molecule has 3 rings (SSSR count). The number of hydrogen-bond acceptors (Lipinski definition) is 4. The molecule has 0 bridgehead atoms. The summed E-state index contributed by atoms with van der Waals surface area (Å²) < 4.78 is 40.6. The number of sulfonamides is 1. The molecule has 0 aliphatic carbocycles. The quantitative estimate of drug-likeness (QED) is 0.552. The summed E-state index contributed by atoms with van der Waals surface area (Å²) in [6, 6.07) is 13.8. The molecule has 1 aromatic heterocycles. The fourth-order valence-corrected chi connectivity index (χ4v) is 4.01. The van der Waals surface area contributed by atoms with Crippen LogP contribution in [-0.4, -0.2) is 19.3 Å². The average Bonchev–Trinajstić information content (AvgIpc) is 2.71. The normalized spacial score (nSPS) is 11.2. The molecule has 0 unspecified atom stereocenters. The van der Waals surface area contributed by atoms with E-state index in [1.165, 1.54) is 30.5 Å². The van der Waals surface area contributed by atoms with Crippen LogP contribution in [0.3, 0.4) is 0 Å². The highest BCUT2D eigenvalue weighted by Crippen LogP contribution is 2.20. The number of halogens is 2. The summed E-state index contributed by atoms with van der Waals surface area (Å²) in [6.07, 6.45) is 2.19. The molecular formula is C21H19ClFN3O3S. The van der Waals surface area contributed by atoms with E-state index in [1.807, 2.05) is 19.1 Å². The van der Waals surface area contributed by atoms with E-state index in [2.05, 4.69) is 15.0 Å². The number of aryl methyl sites for hydroxylation is 1. The summed E-state index contributed by atoms with van der Waals surface area (Å²) in [4.78, 5) is 16.4. The van der Waals surface area contributed by atoms with Gasteiger partial charge in [-0.1, -0.05) is 42.8 Å². The predicted molar refractivity (Wildman–Crippen MR) is 116 cm³/mol. The second-order valence-corrected chi connectivity index (χ2v) is 8.67. The number of nitrogens with one attached hydrogen (secondary N) is 2. The Labute approximate surface area is 179 Å². The molecule has 2 N–H and O–H groups in total. The molecule has 0 aliphatic rings. The van der Waals surface area contributed by atoms with Crippen molar-refractivity contribution in [1.29, 1.82) is 0 Å². The van der Waals surface area contributed by atoms with Crippen LogP contribution in [0, 0.1) is 5.82 Å². The number of anilines is 2. The first-order chi connectivity index (χ1) is 14.3. The molecule has 3 aromatic rings. The summed E-state index contributed by atoms with van der Waals surface area (Å²) in [5.41, 5.74) is 2.24. The number of nitrogens with zero attached hydrogens (tertiary/aromatic N) is 1. The van der Waals surface area contributed by atoms with Gasteiger partial charge in [0.15, 0.2) is 0 Å². The van der Waals surface area contributed by atoms with Gasteiger partial charge in [0.1, 0.15) is 11.6 Å². The minimum atomic E-state index is -3.72. The van der Waals surface area contributed by atoms with Crippen molar-refractivity contribution in [3.8, 4) is 0 Å². The van der Waals surface area contributed by atoms with Crippen LogP contribution in [0.1, 0.15) is 28.4 Å². The summed E-state index contributed by atoms with van der Waals surface area (Å²) in [7, 11) is -3.72. The molecule has 156 valence electrons. The number of carbonyl (C=O) groups is 1.